The van der Waals surface area contributed by atoms with Gasteiger partial charge in [-0.1, -0.05) is 29.4 Å². The Hall–Kier alpha value is -3.00. The van der Waals surface area contributed by atoms with Crippen LogP contribution in [0, 0.1) is 5.92 Å². The van der Waals surface area contributed by atoms with E-state index in [0.29, 0.717) is 30.5 Å². The lowest BCUT2D eigenvalue weighted by Crippen LogP contribution is -2.51. The number of nitrogens with zero attached hydrogens (tertiary/aromatic N) is 2. The van der Waals surface area contributed by atoms with Gasteiger partial charge in [0.25, 0.3) is 11.8 Å². The van der Waals surface area contributed by atoms with Gasteiger partial charge in [-0.3, -0.25) is 14.4 Å². The van der Waals surface area contributed by atoms with Crippen molar-refractivity contribution in [2.45, 2.75) is 52.4 Å². The maximum absolute atomic E-state index is 14.6. The van der Waals surface area contributed by atoms with E-state index in [-0.39, 0.29) is 30.0 Å². The first kappa shape index (κ1) is 25.6. The minimum atomic E-state index is -1.35. The van der Waals surface area contributed by atoms with Gasteiger partial charge in [0.05, 0.1) is 11.1 Å². The second-order valence-corrected chi connectivity index (χ2v) is 9.11. The van der Waals surface area contributed by atoms with Crippen molar-refractivity contribution in [3.8, 4) is 0 Å². The van der Waals surface area contributed by atoms with Gasteiger partial charge >= 0.3 is 0 Å². The largest absolute Gasteiger partial charge is 0.504 e. The number of allylic oxidation sites excluding steroid dienone is 7. The molecule has 8 heteroatoms. The molecule has 34 heavy (non-hydrogen) atoms. The lowest BCUT2D eigenvalue weighted by Gasteiger charge is -2.40. The van der Waals surface area contributed by atoms with E-state index in [2.05, 4.69) is 0 Å². The van der Waals surface area contributed by atoms with Crippen LogP contribution < -0.4 is 0 Å². The van der Waals surface area contributed by atoms with Crippen LogP contribution in [0.25, 0.3) is 0 Å². The maximum atomic E-state index is 14.6. The summed E-state index contributed by atoms with van der Waals surface area (Å²) in [5, 5.41) is 10.9. The molecule has 1 aliphatic heterocycles. The van der Waals surface area contributed by atoms with Crippen molar-refractivity contribution < 1.29 is 28.6 Å². The van der Waals surface area contributed by atoms with Crippen LogP contribution in [-0.4, -0.2) is 72.2 Å². The number of carbonyl (C=O) groups excluding carboxylic acids is 3. The Bertz CT molecular complexity index is 1040. The predicted octanol–water partition coefficient (Wildman–Crippen LogP) is 3.56. The van der Waals surface area contributed by atoms with Gasteiger partial charge in [0, 0.05) is 33.2 Å². The summed E-state index contributed by atoms with van der Waals surface area (Å²) < 4.78 is 20.1. The Morgan fingerprint density at radius 1 is 1.29 bits per heavy atom. The van der Waals surface area contributed by atoms with Crippen LogP contribution in [0.5, 0.6) is 0 Å². The molecule has 7 nitrogen and oxygen atoms in total. The lowest BCUT2D eigenvalue weighted by atomic mass is 9.86. The zero-order valence-corrected chi connectivity index (χ0v) is 20.4. The first-order chi connectivity index (χ1) is 16.1. The lowest BCUT2D eigenvalue weighted by molar-refractivity contribution is -0.151. The molecule has 184 valence electrons. The van der Waals surface area contributed by atoms with Crippen LogP contribution in [0.2, 0.25) is 0 Å². The van der Waals surface area contributed by atoms with E-state index in [9.17, 15) is 23.9 Å². The van der Waals surface area contributed by atoms with Gasteiger partial charge in [-0.15, -0.1) is 0 Å². The Kier molecular flexibility index (Phi) is 7.92. The average molecular weight is 473 g/mol. The van der Waals surface area contributed by atoms with Crippen LogP contribution >= 0.6 is 0 Å². The molecule has 3 atom stereocenters. The molecule has 0 radical (unpaired) electrons. The Morgan fingerprint density at radius 3 is 2.65 bits per heavy atom. The van der Waals surface area contributed by atoms with Gasteiger partial charge in [0.1, 0.15) is 12.4 Å². The first-order valence-electron chi connectivity index (χ1n) is 11.6. The molecule has 1 saturated heterocycles. The van der Waals surface area contributed by atoms with Crippen molar-refractivity contribution in [2.75, 3.05) is 27.2 Å². The number of carbonyl (C=O) groups is 3. The number of Topliss-reactive ketones (excluding diaryl/α,β-unsaturated/α-hetero) is 1. The summed E-state index contributed by atoms with van der Waals surface area (Å²) in [6, 6.07) is 0. The molecule has 1 fully saturated rings. The summed E-state index contributed by atoms with van der Waals surface area (Å²) in [6.07, 6.45) is 5.89. The second-order valence-electron chi connectivity index (χ2n) is 9.11. The van der Waals surface area contributed by atoms with Crippen molar-refractivity contribution in [3.63, 3.8) is 0 Å². The summed E-state index contributed by atoms with van der Waals surface area (Å²) in [7, 11) is 3.03. The number of ether oxygens (including phenoxy) is 1. The number of rotatable bonds is 5. The monoisotopic (exact) mass is 472 g/mol. The maximum Gasteiger partial charge on any atom is 0.257 e. The number of hydrogen-bond donors (Lipinski definition) is 1. The van der Waals surface area contributed by atoms with Crippen LogP contribution in [-0.2, 0) is 19.1 Å². The number of fused-ring (bicyclic) bond motifs is 2. The summed E-state index contributed by atoms with van der Waals surface area (Å²) >= 11 is 0. The van der Waals surface area contributed by atoms with Crippen molar-refractivity contribution >= 4 is 17.6 Å². The summed E-state index contributed by atoms with van der Waals surface area (Å²) in [5.74, 6) is -2.77. The molecule has 0 aromatic rings. The standard InChI is InChI=1S/C26H33FN2O5/c1-6-29-24(32)19-13-17(26(29)34-5)11-9-16(3)21(23(31)22(19)30)25(33)28(4)14-18-10-7-15(2)8-12-20(18)27/h7-8,10,12,17,20,26,30H,6,9,11,13-14H2,1-5H3/b21-16-,22-19-. The number of aliphatic hydroxyl groups excluding tert-OH is 1. The highest BCUT2D eigenvalue weighted by Crippen LogP contribution is 2.36. The Balaban J connectivity index is 1.96. The van der Waals surface area contributed by atoms with E-state index >= 15 is 0 Å². The van der Waals surface area contributed by atoms with E-state index in [1.54, 1.807) is 25.2 Å². The van der Waals surface area contributed by atoms with Gasteiger partial charge in [-0.25, -0.2) is 4.39 Å². The zero-order chi connectivity index (χ0) is 25.2. The number of methoxy groups -OCH3 is 1. The molecule has 2 amide bonds. The van der Waals surface area contributed by atoms with E-state index in [4.69, 9.17) is 4.74 Å². The molecule has 3 aliphatic rings. The molecule has 0 aromatic carbocycles. The number of hydrogen-bond acceptors (Lipinski definition) is 5. The van der Waals surface area contributed by atoms with E-state index in [1.165, 1.54) is 30.0 Å². The minimum Gasteiger partial charge on any atom is -0.504 e. The molecule has 2 bridgehead atoms. The van der Waals surface area contributed by atoms with Gasteiger partial charge in [-0.2, -0.15) is 0 Å². The van der Waals surface area contributed by atoms with E-state index < -0.39 is 35.8 Å². The molecule has 0 saturated carbocycles. The highest BCUT2D eigenvalue weighted by molar-refractivity contribution is 6.26. The number of likely N-dealkylation sites (tertiary alicyclic amines) is 1. The molecule has 2 aliphatic carbocycles. The molecule has 0 spiro atoms. The van der Waals surface area contributed by atoms with Gasteiger partial charge in [0.15, 0.2) is 5.76 Å². The highest BCUT2D eigenvalue weighted by atomic mass is 19.1. The van der Waals surface area contributed by atoms with Crippen molar-refractivity contribution in [1.29, 1.82) is 0 Å². The number of likely N-dealkylation sites (N-methyl/N-ethyl adjacent to an activating group) is 2. The van der Waals surface area contributed by atoms with Crippen LogP contribution in [0.4, 0.5) is 4.39 Å². The second kappa shape index (κ2) is 10.5. The SMILES string of the molecule is CCN1C(=O)/C2=C(\O)C(=O)/C(C(=O)N(C)CC3=CC=C(C)C=CC3F)=C(\C)CCC(C2)C1OC. The van der Waals surface area contributed by atoms with Crippen molar-refractivity contribution in [2.24, 2.45) is 5.92 Å². The fourth-order valence-corrected chi connectivity index (χ4v) is 4.76. The smallest absolute Gasteiger partial charge is 0.257 e. The number of halogens is 1. The third-order valence-electron chi connectivity index (χ3n) is 6.75. The Morgan fingerprint density at radius 2 is 2.00 bits per heavy atom. The number of ketones is 1. The first-order valence-corrected chi connectivity index (χ1v) is 11.6. The fraction of sp³-hybridized carbons (Fsp3) is 0.500. The normalized spacial score (nSPS) is 30.2. The van der Waals surface area contributed by atoms with Gasteiger partial charge in [-0.05, 0) is 51.7 Å². The third-order valence-corrected chi connectivity index (χ3v) is 6.75. The van der Waals surface area contributed by atoms with E-state index in [0.717, 1.165) is 5.57 Å². The van der Waals surface area contributed by atoms with E-state index in [1.807, 2.05) is 13.8 Å². The average Bonchev–Trinajstić information content (AvgIpc) is 2.95. The number of aliphatic hydroxyl groups is 1. The summed E-state index contributed by atoms with van der Waals surface area (Å²) in [6.45, 7) is 5.69. The van der Waals surface area contributed by atoms with Crippen LogP contribution in [0.3, 0.4) is 0 Å². The fourth-order valence-electron chi connectivity index (χ4n) is 4.76. The molecular formula is C26H33FN2O5. The number of piperidine rings is 1. The predicted molar refractivity (Wildman–Crippen MR) is 126 cm³/mol. The van der Waals surface area contributed by atoms with Gasteiger partial charge in [0.2, 0.25) is 5.78 Å². The topological polar surface area (TPSA) is 87.2 Å². The zero-order valence-electron chi connectivity index (χ0n) is 20.4. The molecular weight excluding hydrogens is 439 g/mol. The van der Waals surface area contributed by atoms with Crippen molar-refractivity contribution in [1.82, 2.24) is 9.80 Å². The molecule has 1 heterocycles. The number of amides is 2. The molecule has 1 N–H and O–H groups in total. The summed E-state index contributed by atoms with van der Waals surface area (Å²) in [4.78, 5) is 42.5. The molecule has 0 aromatic heterocycles. The van der Waals surface area contributed by atoms with Crippen molar-refractivity contribution in [3.05, 3.63) is 57.9 Å². The third kappa shape index (κ3) is 4.92. The summed E-state index contributed by atoms with van der Waals surface area (Å²) in [5.41, 5.74) is 1.63. The van der Waals surface area contributed by atoms with Crippen LogP contribution in [0.1, 0.15) is 40.0 Å². The van der Waals surface area contributed by atoms with Crippen LogP contribution in [0.15, 0.2) is 57.9 Å². The quantitative estimate of drug-likeness (QED) is 0.619. The Labute approximate surface area is 199 Å². The highest BCUT2D eigenvalue weighted by Gasteiger charge is 2.42. The molecule has 3 rings (SSSR count). The van der Waals surface area contributed by atoms with Gasteiger partial charge < -0.3 is 19.6 Å². The number of alkyl halides is 1. The molecule has 3 unspecified atom stereocenters. The minimum absolute atomic E-state index is 0.00820.